The number of hydrogen-bond acceptors (Lipinski definition) is 4. The van der Waals surface area contributed by atoms with Gasteiger partial charge in [0.1, 0.15) is 6.04 Å². The van der Waals surface area contributed by atoms with Crippen LogP contribution in [0.25, 0.3) is 10.9 Å². The van der Waals surface area contributed by atoms with Gasteiger partial charge in [0, 0.05) is 60.3 Å². The molecule has 4 aromatic rings. The highest BCUT2D eigenvalue weighted by Crippen LogP contribution is 2.33. The number of halogens is 1. The highest BCUT2D eigenvalue weighted by molar-refractivity contribution is 6.30. The average molecular weight is 654 g/mol. The average Bonchev–Trinajstić information content (AvgIpc) is 3.46. The summed E-state index contributed by atoms with van der Waals surface area (Å²) in [6, 6.07) is 21.8. The molecule has 2 N–H and O–H groups in total. The Kier molecular flexibility index (Phi) is 10.7. The molecule has 0 radical (unpaired) electrons. The van der Waals surface area contributed by atoms with Gasteiger partial charge in [0.05, 0.1) is 0 Å². The number of carbonyl (C=O) groups excluding carboxylic acids is 2. The van der Waals surface area contributed by atoms with Crippen molar-refractivity contribution in [3.63, 3.8) is 0 Å². The van der Waals surface area contributed by atoms with Gasteiger partial charge >= 0.3 is 0 Å². The minimum Gasteiger partial charge on any atom is -0.361 e. The quantitative estimate of drug-likeness (QED) is 0.191. The van der Waals surface area contributed by atoms with Crippen molar-refractivity contribution < 1.29 is 9.59 Å². The van der Waals surface area contributed by atoms with E-state index < -0.39 is 6.04 Å². The molecule has 47 heavy (non-hydrogen) atoms. The largest absolute Gasteiger partial charge is 0.361 e. The lowest BCUT2D eigenvalue weighted by molar-refractivity contribution is -0.128. The van der Waals surface area contributed by atoms with Gasteiger partial charge in [0.2, 0.25) is 11.8 Å². The van der Waals surface area contributed by atoms with Crippen molar-refractivity contribution in [1.82, 2.24) is 20.1 Å². The van der Waals surface area contributed by atoms with E-state index in [1.807, 2.05) is 47.5 Å². The fourth-order valence-corrected chi connectivity index (χ4v) is 7.73. The Bertz CT molecular complexity index is 1690. The molecule has 0 aliphatic carbocycles. The molecular formula is C39H48ClN5O2. The molecular weight excluding hydrogens is 606 g/mol. The van der Waals surface area contributed by atoms with E-state index in [4.69, 9.17) is 11.6 Å². The van der Waals surface area contributed by atoms with Crippen LogP contribution in [0.2, 0.25) is 5.02 Å². The lowest BCUT2D eigenvalue weighted by Gasteiger charge is -2.37. The maximum absolute atomic E-state index is 14.5. The van der Waals surface area contributed by atoms with Gasteiger partial charge in [-0.05, 0) is 118 Å². The van der Waals surface area contributed by atoms with Gasteiger partial charge < -0.3 is 20.1 Å². The number of nitrogens with zero attached hydrogens (tertiary/aromatic N) is 3. The molecule has 2 amide bonds. The van der Waals surface area contributed by atoms with Gasteiger partial charge in [-0.1, -0.05) is 54.1 Å². The summed E-state index contributed by atoms with van der Waals surface area (Å²) in [5, 5.41) is 4.96. The summed E-state index contributed by atoms with van der Waals surface area (Å²) in [7, 11) is 4.13. The number of H-pyrrole nitrogens is 1. The van der Waals surface area contributed by atoms with E-state index in [-0.39, 0.29) is 17.7 Å². The maximum atomic E-state index is 14.5. The first-order chi connectivity index (χ1) is 22.7. The number of amides is 2. The lowest BCUT2D eigenvalue weighted by Crippen LogP contribution is -2.53. The van der Waals surface area contributed by atoms with Crippen LogP contribution in [0.15, 0.2) is 72.9 Å². The second-order valence-electron chi connectivity index (χ2n) is 13.9. The van der Waals surface area contributed by atoms with Crippen LogP contribution in [0, 0.1) is 18.8 Å². The van der Waals surface area contributed by atoms with Crippen molar-refractivity contribution in [1.29, 1.82) is 0 Å². The first-order valence-corrected chi connectivity index (χ1v) is 17.5. The van der Waals surface area contributed by atoms with E-state index in [0.717, 1.165) is 79.6 Å². The van der Waals surface area contributed by atoms with Crippen LogP contribution in [0.4, 0.5) is 5.69 Å². The SMILES string of the molecule is Cc1ccccc1CN1CCC(CCC(=O)N[C@H](Cc2c[nH]c3ccccc23)C(=O)N2C[C@H](CN(C)C)Cc3cc(Cl)ccc32)CC1. The molecule has 248 valence electrons. The molecule has 2 aliphatic rings. The van der Waals surface area contributed by atoms with Gasteiger partial charge in [-0.25, -0.2) is 0 Å². The Balaban J connectivity index is 1.14. The number of para-hydroxylation sites is 1. The highest BCUT2D eigenvalue weighted by Gasteiger charge is 2.34. The minimum atomic E-state index is -0.681. The number of rotatable bonds is 11. The predicted molar refractivity (Wildman–Crippen MR) is 192 cm³/mol. The molecule has 1 fully saturated rings. The zero-order valence-corrected chi connectivity index (χ0v) is 28.7. The molecule has 3 heterocycles. The van der Waals surface area contributed by atoms with Gasteiger partial charge in [-0.3, -0.25) is 14.5 Å². The summed E-state index contributed by atoms with van der Waals surface area (Å²) in [6.07, 6.45) is 6.71. The van der Waals surface area contributed by atoms with Crippen molar-refractivity contribution in [2.45, 2.75) is 58.0 Å². The third-order valence-corrected chi connectivity index (χ3v) is 10.3. The summed E-state index contributed by atoms with van der Waals surface area (Å²) in [6.45, 7) is 6.73. The highest BCUT2D eigenvalue weighted by atomic mass is 35.5. The monoisotopic (exact) mass is 653 g/mol. The van der Waals surface area contributed by atoms with Crippen molar-refractivity contribution in [3.05, 3.63) is 100 Å². The predicted octanol–water partition coefficient (Wildman–Crippen LogP) is 6.62. The Morgan fingerprint density at radius 1 is 1.00 bits per heavy atom. The Morgan fingerprint density at radius 2 is 1.77 bits per heavy atom. The normalized spacial score (nSPS) is 18.0. The summed E-state index contributed by atoms with van der Waals surface area (Å²) in [5.41, 5.74) is 6.76. The number of hydrogen-bond donors (Lipinski definition) is 2. The number of aromatic amines is 1. The fourth-order valence-electron chi connectivity index (χ4n) is 7.53. The van der Waals surface area contributed by atoms with Crippen molar-refractivity contribution in [2.75, 3.05) is 45.2 Å². The van der Waals surface area contributed by atoms with Crippen LogP contribution in [-0.2, 0) is 29.0 Å². The van der Waals surface area contributed by atoms with Crippen LogP contribution in [-0.4, -0.2) is 72.9 Å². The second kappa shape index (κ2) is 15.1. The van der Waals surface area contributed by atoms with Crippen molar-refractivity contribution in [2.24, 2.45) is 11.8 Å². The van der Waals surface area contributed by atoms with Gasteiger partial charge in [0.15, 0.2) is 0 Å². The van der Waals surface area contributed by atoms with E-state index in [9.17, 15) is 9.59 Å². The van der Waals surface area contributed by atoms with Gasteiger partial charge in [-0.15, -0.1) is 0 Å². The summed E-state index contributed by atoms with van der Waals surface area (Å²) < 4.78 is 0. The summed E-state index contributed by atoms with van der Waals surface area (Å²) >= 11 is 6.41. The molecule has 2 aliphatic heterocycles. The molecule has 0 unspecified atom stereocenters. The van der Waals surface area contributed by atoms with Gasteiger partial charge in [0.25, 0.3) is 0 Å². The van der Waals surface area contributed by atoms with Gasteiger partial charge in [-0.2, -0.15) is 0 Å². The number of anilines is 1. The third-order valence-electron chi connectivity index (χ3n) is 10.0. The molecule has 0 spiro atoms. The topological polar surface area (TPSA) is 71.7 Å². The number of piperidine rings is 1. The zero-order valence-electron chi connectivity index (χ0n) is 28.0. The molecule has 1 aromatic heterocycles. The molecule has 3 aromatic carbocycles. The Labute approximate surface area is 284 Å². The molecule has 8 heteroatoms. The van der Waals surface area contributed by atoms with Crippen LogP contribution < -0.4 is 10.2 Å². The number of likely N-dealkylation sites (tertiary alicyclic amines) is 1. The Morgan fingerprint density at radius 3 is 2.55 bits per heavy atom. The van der Waals surface area contributed by atoms with Crippen LogP contribution in [0.1, 0.15) is 47.9 Å². The Hall–Kier alpha value is -3.65. The fraction of sp³-hybridized carbons (Fsp3) is 0.436. The standard InChI is InChI=1S/C39H48ClN5O2/c1-27-8-4-5-9-30(27)26-44-18-16-28(17-19-44)12-15-38(46)42-36(22-32-23-41-35-11-7-6-10-34(32)35)39(47)45-25-29(24-43(2)3)20-31-21-33(40)13-14-37(31)45/h4-11,13-14,21,23,28-29,36,41H,12,15-20,22,24-26H2,1-3H3,(H,42,46)/t29-,36+/m0/s1. The summed E-state index contributed by atoms with van der Waals surface area (Å²) in [5.74, 6) is 0.659. The van der Waals surface area contributed by atoms with Crippen molar-refractivity contribution in [3.8, 4) is 0 Å². The molecule has 6 rings (SSSR count). The van der Waals surface area contributed by atoms with Crippen LogP contribution in [0.5, 0.6) is 0 Å². The van der Waals surface area contributed by atoms with Crippen molar-refractivity contribution >= 4 is 40.0 Å². The molecule has 7 nitrogen and oxygen atoms in total. The first-order valence-electron chi connectivity index (χ1n) is 17.1. The molecule has 0 bridgehead atoms. The number of aromatic nitrogens is 1. The van der Waals surface area contributed by atoms with E-state index in [1.54, 1.807) is 0 Å². The number of nitrogens with one attached hydrogen (secondary N) is 2. The van der Waals surface area contributed by atoms with E-state index >= 15 is 0 Å². The third kappa shape index (κ3) is 8.26. The van der Waals surface area contributed by atoms with E-state index in [2.05, 4.69) is 71.5 Å². The summed E-state index contributed by atoms with van der Waals surface area (Å²) in [4.78, 5) is 38.1. The molecule has 2 atom stereocenters. The maximum Gasteiger partial charge on any atom is 0.249 e. The van der Waals surface area contributed by atoms with Crippen LogP contribution in [0.3, 0.4) is 0 Å². The number of aryl methyl sites for hydroxylation is 1. The smallest absolute Gasteiger partial charge is 0.249 e. The number of fused-ring (bicyclic) bond motifs is 2. The zero-order chi connectivity index (χ0) is 32.9. The van der Waals surface area contributed by atoms with E-state index in [0.29, 0.717) is 30.3 Å². The lowest BCUT2D eigenvalue weighted by atomic mass is 9.90. The van der Waals surface area contributed by atoms with Crippen LogP contribution >= 0.6 is 11.6 Å². The second-order valence-corrected chi connectivity index (χ2v) is 14.4. The molecule has 1 saturated heterocycles. The number of carbonyl (C=O) groups is 2. The minimum absolute atomic E-state index is 0.0521. The van der Waals surface area contributed by atoms with E-state index in [1.165, 1.54) is 11.1 Å². The molecule has 0 saturated carbocycles. The number of benzene rings is 3. The first kappa shape index (κ1) is 33.3.